The lowest BCUT2D eigenvalue weighted by atomic mass is 10.1. The summed E-state index contributed by atoms with van der Waals surface area (Å²) in [5, 5.41) is 11.5. The predicted octanol–water partition coefficient (Wildman–Crippen LogP) is 0.809. The maximum Gasteiger partial charge on any atom is 0.269 e. The molecule has 0 aromatic carbocycles. The number of pyridine rings is 1. The number of piperidine rings is 1. The molecule has 1 saturated heterocycles. The second kappa shape index (κ2) is 7.95. The molecule has 21 heavy (non-hydrogen) atoms. The van der Waals surface area contributed by atoms with Crippen molar-refractivity contribution in [3.63, 3.8) is 0 Å². The molecule has 1 aromatic rings. The van der Waals surface area contributed by atoms with Gasteiger partial charge in [-0.05, 0) is 31.9 Å². The third-order valence-electron chi connectivity index (χ3n) is 3.57. The number of hydrogen-bond donors (Lipinski definition) is 2. The van der Waals surface area contributed by atoms with E-state index in [4.69, 9.17) is 9.84 Å². The van der Waals surface area contributed by atoms with Gasteiger partial charge in [0.15, 0.2) is 0 Å². The molecule has 2 rings (SSSR count). The van der Waals surface area contributed by atoms with E-state index in [-0.39, 0.29) is 18.6 Å². The van der Waals surface area contributed by atoms with Crippen molar-refractivity contribution in [2.45, 2.75) is 25.9 Å². The standard InChI is InChI=1S/C15H23N3O3/c1-2-16-15(20)14-11-12(3-6-17-14)18-7-4-13(5-8-18)21-10-9-19/h3,6,11,13,19H,2,4-5,7-10H2,1H3,(H,16,20). The van der Waals surface area contributed by atoms with E-state index in [1.165, 1.54) is 0 Å². The summed E-state index contributed by atoms with van der Waals surface area (Å²) in [6, 6.07) is 3.76. The molecule has 0 aliphatic carbocycles. The fraction of sp³-hybridized carbons (Fsp3) is 0.600. The summed E-state index contributed by atoms with van der Waals surface area (Å²) in [4.78, 5) is 18.2. The molecule has 0 unspecified atom stereocenters. The number of anilines is 1. The Morgan fingerprint density at radius 2 is 2.29 bits per heavy atom. The van der Waals surface area contributed by atoms with Gasteiger partial charge in [-0.15, -0.1) is 0 Å². The molecule has 0 spiro atoms. The Labute approximate surface area is 125 Å². The van der Waals surface area contributed by atoms with Gasteiger partial charge >= 0.3 is 0 Å². The summed E-state index contributed by atoms with van der Waals surface area (Å²) in [5.41, 5.74) is 1.47. The topological polar surface area (TPSA) is 74.7 Å². The monoisotopic (exact) mass is 293 g/mol. The predicted molar refractivity (Wildman–Crippen MR) is 80.5 cm³/mol. The van der Waals surface area contributed by atoms with E-state index in [0.717, 1.165) is 31.6 Å². The van der Waals surface area contributed by atoms with E-state index < -0.39 is 0 Å². The summed E-state index contributed by atoms with van der Waals surface area (Å²) in [6.45, 7) is 4.73. The van der Waals surface area contributed by atoms with Crippen LogP contribution >= 0.6 is 0 Å². The number of aromatic nitrogens is 1. The van der Waals surface area contributed by atoms with E-state index in [1.807, 2.05) is 19.1 Å². The van der Waals surface area contributed by atoms with Crippen molar-refractivity contribution in [1.82, 2.24) is 10.3 Å². The van der Waals surface area contributed by atoms with Crippen LogP contribution in [0.3, 0.4) is 0 Å². The minimum atomic E-state index is -0.138. The molecular formula is C15H23N3O3. The van der Waals surface area contributed by atoms with Gasteiger partial charge in [0.2, 0.25) is 0 Å². The number of hydrogen-bond acceptors (Lipinski definition) is 5. The Hall–Kier alpha value is -1.66. The molecule has 6 heteroatoms. The van der Waals surface area contributed by atoms with Crippen molar-refractivity contribution in [3.8, 4) is 0 Å². The average molecular weight is 293 g/mol. The maximum atomic E-state index is 11.8. The molecule has 1 amide bonds. The Kier molecular flexibility index (Phi) is 5.95. The SMILES string of the molecule is CCNC(=O)c1cc(N2CCC(OCCO)CC2)ccn1. The van der Waals surface area contributed by atoms with Gasteiger partial charge in [0.05, 0.1) is 19.3 Å². The molecule has 1 aliphatic heterocycles. The van der Waals surface area contributed by atoms with Crippen LogP contribution in [0.15, 0.2) is 18.3 Å². The minimum Gasteiger partial charge on any atom is -0.394 e. The van der Waals surface area contributed by atoms with Crippen molar-refractivity contribution in [2.75, 3.05) is 37.7 Å². The second-order valence-corrected chi connectivity index (χ2v) is 5.04. The normalized spacial score (nSPS) is 16.0. The molecule has 6 nitrogen and oxygen atoms in total. The van der Waals surface area contributed by atoms with Crippen molar-refractivity contribution < 1.29 is 14.6 Å². The number of aliphatic hydroxyl groups excluding tert-OH is 1. The molecule has 116 valence electrons. The molecule has 2 N–H and O–H groups in total. The molecule has 0 radical (unpaired) electrons. The summed E-state index contributed by atoms with van der Waals surface area (Å²) in [7, 11) is 0. The highest BCUT2D eigenvalue weighted by Gasteiger charge is 2.20. The molecule has 1 aromatic heterocycles. The number of carbonyl (C=O) groups is 1. The van der Waals surface area contributed by atoms with Gasteiger partial charge in [0, 0.05) is 31.5 Å². The molecule has 1 fully saturated rings. The number of ether oxygens (including phenoxy) is 1. The van der Waals surface area contributed by atoms with Crippen LogP contribution in [-0.2, 0) is 4.74 Å². The van der Waals surface area contributed by atoms with Gasteiger partial charge < -0.3 is 20.1 Å². The van der Waals surface area contributed by atoms with Crippen molar-refractivity contribution in [3.05, 3.63) is 24.0 Å². The quantitative estimate of drug-likeness (QED) is 0.812. The Morgan fingerprint density at radius 3 is 2.95 bits per heavy atom. The zero-order chi connectivity index (χ0) is 15.1. The van der Waals surface area contributed by atoms with E-state index in [9.17, 15) is 4.79 Å². The lowest BCUT2D eigenvalue weighted by Gasteiger charge is -2.33. The van der Waals surface area contributed by atoms with Gasteiger partial charge in [-0.1, -0.05) is 0 Å². The third-order valence-corrected chi connectivity index (χ3v) is 3.57. The number of carbonyl (C=O) groups excluding carboxylic acids is 1. The zero-order valence-electron chi connectivity index (χ0n) is 12.4. The molecule has 0 saturated carbocycles. The van der Waals surface area contributed by atoms with Gasteiger partial charge in [-0.25, -0.2) is 0 Å². The average Bonchev–Trinajstić information content (AvgIpc) is 2.54. The van der Waals surface area contributed by atoms with Gasteiger partial charge in [-0.2, -0.15) is 0 Å². The summed E-state index contributed by atoms with van der Waals surface area (Å²) in [6.07, 6.45) is 3.75. The first kappa shape index (κ1) is 15.7. The lowest BCUT2D eigenvalue weighted by molar-refractivity contribution is 0.0159. The fourth-order valence-electron chi connectivity index (χ4n) is 2.49. The third kappa shape index (κ3) is 4.41. The first-order valence-corrected chi connectivity index (χ1v) is 7.46. The van der Waals surface area contributed by atoms with E-state index in [2.05, 4.69) is 15.2 Å². The largest absolute Gasteiger partial charge is 0.394 e. The van der Waals surface area contributed by atoms with Gasteiger partial charge in [0.25, 0.3) is 5.91 Å². The first-order valence-electron chi connectivity index (χ1n) is 7.46. The molecule has 0 bridgehead atoms. The Balaban J connectivity index is 1.94. The summed E-state index contributed by atoms with van der Waals surface area (Å²) >= 11 is 0. The highest BCUT2D eigenvalue weighted by molar-refractivity contribution is 5.93. The molecule has 0 atom stereocenters. The van der Waals surface area contributed by atoms with E-state index in [0.29, 0.717) is 18.8 Å². The first-order chi connectivity index (χ1) is 10.2. The molecule has 2 heterocycles. The summed E-state index contributed by atoms with van der Waals surface area (Å²) < 4.78 is 5.56. The molecular weight excluding hydrogens is 270 g/mol. The second-order valence-electron chi connectivity index (χ2n) is 5.04. The smallest absolute Gasteiger partial charge is 0.269 e. The summed E-state index contributed by atoms with van der Waals surface area (Å²) in [5.74, 6) is -0.138. The maximum absolute atomic E-state index is 11.8. The number of nitrogens with one attached hydrogen (secondary N) is 1. The van der Waals surface area contributed by atoms with Crippen LogP contribution in [0.4, 0.5) is 5.69 Å². The van der Waals surface area contributed by atoms with Gasteiger partial charge in [0.1, 0.15) is 5.69 Å². The van der Waals surface area contributed by atoms with Crippen molar-refractivity contribution in [1.29, 1.82) is 0 Å². The lowest BCUT2D eigenvalue weighted by Crippen LogP contribution is -2.37. The van der Waals surface area contributed by atoms with E-state index >= 15 is 0 Å². The zero-order valence-corrected chi connectivity index (χ0v) is 12.4. The van der Waals surface area contributed by atoms with Crippen LogP contribution in [0.25, 0.3) is 0 Å². The highest BCUT2D eigenvalue weighted by Crippen LogP contribution is 2.21. The molecule has 1 aliphatic rings. The highest BCUT2D eigenvalue weighted by atomic mass is 16.5. The van der Waals surface area contributed by atoms with Crippen molar-refractivity contribution >= 4 is 11.6 Å². The Bertz CT molecular complexity index is 459. The van der Waals surface area contributed by atoms with Crippen LogP contribution in [0.2, 0.25) is 0 Å². The van der Waals surface area contributed by atoms with E-state index in [1.54, 1.807) is 6.20 Å². The van der Waals surface area contributed by atoms with Crippen LogP contribution in [0.5, 0.6) is 0 Å². The number of amides is 1. The fourth-order valence-corrected chi connectivity index (χ4v) is 2.49. The van der Waals surface area contributed by atoms with Crippen molar-refractivity contribution in [2.24, 2.45) is 0 Å². The van der Waals surface area contributed by atoms with Crippen LogP contribution in [-0.4, -0.2) is 54.9 Å². The Morgan fingerprint density at radius 1 is 1.52 bits per heavy atom. The van der Waals surface area contributed by atoms with Crippen LogP contribution < -0.4 is 10.2 Å². The number of nitrogens with zero attached hydrogens (tertiary/aromatic N) is 2. The number of aliphatic hydroxyl groups is 1. The minimum absolute atomic E-state index is 0.0699. The number of rotatable bonds is 6. The van der Waals surface area contributed by atoms with Gasteiger partial charge in [-0.3, -0.25) is 9.78 Å². The van der Waals surface area contributed by atoms with Crippen LogP contribution in [0, 0.1) is 0 Å². The van der Waals surface area contributed by atoms with Crippen LogP contribution in [0.1, 0.15) is 30.3 Å².